The van der Waals surface area contributed by atoms with Gasteiger partial charge in [-0.3, -0.25) is 4.79 Å². The van der Waals surface area contributed by atoms with Crippen molar-refractivity contribution in [2.45, 2.75) is 73.3 Å². The van der Waals surface area contributed by atoms with Crippen molar-refractivity contribution in [1.29, 1.82) is 0 Å². The van der Waals surface area contributed by atoms with Crippen molar-refractivity contribution in [3.63, 3.8) is 0 Å². The second-order valence-corrected chi connectivity index (χ2v) is 5.69. The number of carbonyl (C=O) groups is 1. The Hall–Kier alpha value is -0.530. The van der Waals surface area contributed by atoms with Gasteiger partial charge in [-0.25, -0.2) is 0 Å². The van der Waals surface area contributed by atoms with Crippen molar-refractivity contribution in [3.05, 3.63) is 0 Å². The van der Waals surface area contributed by atoms with Crippen LogP contribution in [-0.4, -0.2) is 23.4 Å². The summed E-state index contributed by atoms with van der Waals surface area (Å²) in [6.07, 6.45) is 4.12. The summed E-state index contributed by atoms with van der Waals surface area (Å²) < 4.78 is 0. The van der Waals surface area contributed by atoms with Crippen molar-refractivity contribution < 1.29 is 4.79 Å². The summed E-state index contributed by atoms with van der Waals surface area (Å²) in [6.45, 7) is 14.0. The molecule has 1 atom stereocenters. The molecule has 0 N–H and O–H groups in total. The maximum atomic E-state index is 11.5. The van der Waals surface area contributed by atoms with Crippen LogP contribution in [0, 0.1) is 5.41 Å². The van der Waals surface area contributed by atoms with E-state index in [9.17, 15) is 4.79 Å². The van der Waals surface area contributed by atoms with Crippen LogP contribution in [0.25, 0.3) is 0 Å². The summed E-state index contributed by atoms with van der Waals surface area (Å²) in [5.41, 5.74) is 0.217. The van der Waals surface area contributed by atoms with Crippen LogP contribution in [0.5, 0.6) is 0 Å². The highest BCUT2D eigenvalue weighted by atomic mass is 16.2. The lowest BCUT2D eigenvalue weighted by Gasteiger charge is -2.37. The summed E-state index contributed by atoms with van der Waals surface area (Å²) in [7, 11) is 0. The third-order valence-corrected chi connectivity index (χ3v) is 2.87. The molecule has 1 rings (SSSR count). The van der Waals surface area contributed by atoms with E-state index in [1.165, 1.54) is 6.42 Å². The van der Waals surface area contributed by atoms with Crippen molar-refractivity contribution in [1.82, 2.24) is 4.90 Å². The fourth-order valence-corrected chi connectivity index (χ4v) is 2.30. The molecular weight excluding hydrogens is 198 g/mol. The van der Waals surface area contributed by atoms with E-state index in [4.69, 9.17) is 0 Å². The average molecular weight is 227 g/mol. The smallest absolute Gasteiger partial charge is 0.222 e. The highest BCUT2D eigenvalue weighted by Gasteiger charge is 2.33. The predicted octanol–water partition coefficient (Wildman–Crippen LogP) is 3.85. The lowest BCUT2D eigenvalue weighted by atomic mass is 9.84. The van der Waals surface area contributed by atoms with Gasteiger partial charge in [-0.05, 0) is 18.3 Å². The van der Waals surface area contributed by atoms with Crippen molar-refractivity contribution in [2.75, 3.05) is 6.54 Å². The number of amides is 1. The molecule has 1 aliphatic heterocycles. The molecule has 1 unspecified atom stereocenters. The molecule has 0 aromatic rings. The van der Waals surface area contributed by atoms with Gasteiger partial charge in [-0.1, -0.05) is 48.0 Å². The zero-order valence-electron chi connectivity index (χ0n) is 12.0. The van der Waals surface area contributed by atoms with E-state index in [0.717, 1.165) is 25.8 Å². The number of hydrogen-bond donors (Lipinski definition) is 0. The second kappa shape index (κ2) is 6.93. The van der Waals surface area contributed by atoms with Gasteiger partial charge < -0.3 is 4.90 Å². The lowest BCUT2D eigenvalue weighted by molar-refractivity contribution is -0.131. The van der Waals surface area contributed by atoms with Crippen molar-refractivity contribution in [2.24, 2.45) is 5.41 Å². The fraction of sp³-hybridized carbons (Fsp3) is 0.929. The van der Waals surface area contributed by atoms with Gasteiger partial charge in [0.2, 0.25) is 5.91 Å². The minimum atomic E-state index is 0.217. The Morgan fingerprint density at radius 2 is 1.75 bits per heavy atom. The van der Waals surface area contributed by atoms with Crippen LogP contribution in [0.1, 0.15) is 67.2 Å². The zero-order valence-corrected chi connectivity index (χ0v) is 12.0. The quantitative estimate of drug-likeness (QED) is 0.701. The number of nitrogens with zero attached hydrogens (tertiary/aromatic N) is 1. The summed E-state index contributed by atoms with van der Waals surface area (Å²) in [6, 6.07) is 0.419. The second-order valence-electron chi connectivity index (χ2n) is 5.69. The first kappa shape index (κ1) is 15.5. The maximum Gasteiger partial charge on any atom is 0.222 e. The molecular formula is C14H29NO. The predicted molar refractivity (Wildman–Crippen MR) is 70.4 cm³/mol. The molecule has 0 radical (unpaired) electrons. The molecule has 96 valence electrons. The van der Waals surface area contributed by atoms with Crippen LogP contribution in [0.2, 0.25) is 0 Å². The summed E-state index contributed by atoms with van der Waals surface area (Å²) in [5.74, 6) is 0.349. The Bertz CT molecular complexity index is 205. The molecule has 16 heavy (non-hydrogen) atoms. The van der Waals surface area contributed by atoms with Gasteiger partial charge in [0.15, 0.2) is 0 Å². The standard InChI is InChI=1S/C11H21NO.C3H8/c1-5-9(11(2,3)4)12-8-6-7-10(12)13;1-3-2/h9H,5-8H2,1-4H3;3H2,1-2H3. The molecule has 0 bridgehead atoms. The van der Waals surface area contributed by atoms with Gasteiger partial charge >= 0.3 is 0 Å². The van der Waals surface area contributed by atoms with E-state index in [1.807, 2.05) is 0 Å². The van der Waals surface area contributed by atoms with Crippen molar-refractivity contribution in [3.8, 4) is 0 Å². The van der Waals surface area contributed by atoms with Gasteiger partial charge in [-0.15, -0.1) is 0 Å². The number of likely N-dealkylation sites (tertiary alicyclic amines) is 1. The first-order valence-corrected chi connectivity index (χ1v) is 6.67. The molecule has 1 amide bonds. The van der Waals surface area contributed by atoms with Crippen molar-refractivity contribution >= 4 is 5.91 Å². The third-order valence-electron chi connectivity index (χ3n) is 2.87. The monoisotopic (exact) mass is 227 g/mol. The van der Waals surface area contributed by atoms with Crippen LogP contribution in [0.15, 0.2) is 0 Å². The van der Waals surface area contributed by atoms with Crippen LogP contribution in [0.4, 0.5) is 0 Å². The lowest BCUT2D eigenvalue weighted by Crippen LogP contribution is -2.44. The Morgan fingerprint density at radius 1 is 1.25 bits per heavy atom. The SMILES string of the molecule is CCC.CCC(N1CCCC1=O)C(C)(C)C. The van der Waals surface area contributed by atoms with Gasteiger partial charge in [0.1, 0.15) is 0 Å². The van der Waals surface area contributed by atoms with E-state index >= 15 is 0 Å². The maximum absolute atomic E-state index is 11.5. The molecule has 0 saturated carbocycles. The minimum Gasteiger partial charge on any atom is -0.339 e. The molecule has 1 heterocycles. The molecule has 1 fully saturated rings. The highest BCUT2D eigenvalue weighted by molar-refractivity contribution is 5.78. The topological polar surface area (TPSA) is 20.3 Å². The normalized spacial score (nSPS) is 18.1. The zero-order chi connectivity index (χ0) is 12.8. The van der Waals surface area contributed by atoms with E-state index < -0.39 is 0 Å². The Labute approximate surface area is 101 Å². The third kappa shape index (κ3) is 4.54. The molecule has 0 aromatic carbocycles. The van der Waals surface area contributed by atoms with E-state index in [1.54, 1.807) is 0 Å². The van der Waals surface area contributed by atoms with Gasteiger partial charge in [0, 0.05) is 19.0 Å². The molecule has 2 nitrogen and oxygen atoms in total. The van der Waals surface area contributed by atoms with Gasteiger partial charge in [0.05, 0.1) is 0 Å². The van der Waals surface area contributed by atoms with Crippen LogP contribution < -0.4 is 0 Å². The van der Waals surface area contributed by atoms with E-state index in [-0.39, 0.29) is 5.41 Å². The Morgan fingerprint density at radius 3 is 2.00 bits per heavy atom. The Kier molecular flexibility index (Phi) is 6.70. The molecule has 0 aromatic heterocycles. The van der Waals surface area contributed by atoms with Crippen LogP contribution >= 0.6 is 0 Å². The molecule has 0 spiro atoms. The highest BCUT2D eigenvalue weighted by Crippen LogP contribution is 2.29. The minimum absolute atomic E-state index is 0.217. The summed E-state index contributed by atoms with van der Waals surface area (Å²) in [5, 5.41) is 0. The van der Waals surface area contributed by atoms with Crippen LogP contribution in [0.3, 0.4) is 0 Å². The first-order valence-electron chi connectivity index (χ1n) is 6.67. The van der Waals surface area contributed by atoms with Crippen LogP contribution in [-0.2, 0) is 4.79 Å². The van der Waals surface area contributed by atoms with Gasteiger partial charge in [0.25, 0.3) is 0 Å². The summed E-state index contributed by atoms with van der Waals surface area (Å²) >= 11 is 0. The average Bonchev–Trinajstić information content (AvgIpc) is 2.52. The molecule has 0 aliphatic carbocycles. The fourth-order valence-electron chi connectivity index (χ4n) is 2.30. The molecule has 2 heteroatoms. The molecule has 1 saturated heterocycles. The number of rotatable bonds is 2. The number of carbonyl (C=O) groups excluding carboxylic acids is 1. The largest absolute Gasteiger partial charge is 0.339 e. The van der Waals surface area contributed by atoms with Gasteiger partial charge in [-0.2, -0.15) is 0 Å². The summed E-state index contributed by atoms with van der Waals surface area (Å²) in [4.78, 5) is 13.6. The number of hydrogen-bond acceptors (Lipinski definition) is 1. The Balaban J connectivity index is 0.000000673. The van der Waals surface area contributed by atoms with E-state index in [2.05, 4.69) is 46.4 Å². The van der Waals surface area contributed by atoms with E-state index in [0.29, 0.717) is 11.9 Å². The first-order chi connectivity index (χ1) is 7.38. The molecule has 1 aliphatic rings.